The van der Waals surface area contributed by atoms with Crippen LogP contribution in [-0.2, 0) is 25.3 Å². The Balaban J connectivity index is 1.75. The van der Waals surface area contributed by atoms with E-state index in [0.29, 0.717) is 12.2 Å². The van der Waals surface area contributed by atoms with E-state index in [9.17, 15) is 9.59 Å². The average Bonchev–Trinajstić information content (AvgIpc) is 3.07. The SMILES string of the molecule is CC(C)(C)OC(=O)N[C@H](CSc1ccccc1)C(=O)N[C@@H](CCCc1ccccc1)B1OC(C)(C)C(C)(C)O1. The van der Waals surface area contributed by atoms with Crippen molar-refractivity contribution in [3.05, 3.63) is 66.2 Å². The number of carbonyl (C=O) groups is 2. The zero-order valence-corrected chi connectivity index (χ0v) is 25.1. The van der Waals surface area contributed by atoms with Crippen molar-refractivity contribution >= 4 is 30.9 Å². The van der Waals surface area contributed by atoms with Gasteiger partial charge in [0.2, 0.25) is 5.91 Å². The van der Waals surface area contributed by atoms with Gasteiger partial charge in [0, 0.05) is 10.6 Å². The lowest BCUT2D eigenvalue weighted by Gasteiger charge is -2.32. The van der Waals surface area contributed by atoms with E-state index in [2.05, 4.69) is 22.8 Å². The number of thioether (sulfide) groups is 1. The molecule has 0 spiro atoms. The molecule has 2 amide bonds. The van der Waals surface area contributed by atoms with E-state index in [4.69, 9.17) is 14.0 Å². The molecule has 212 valence electrons. The first-order chi connectivity index (χ1) is 18.3. The third-order valence-corrected chi connectivity index (χ3v) is 8.02. The van der Waals surface area contributed by atoms with Gasteiger partial charge in [-0.25, -0.2) is 4.79 Å². The van der Waals surface area contributed by atoms with E-state index in [0.717, 1.165) is 17.7 Å². The van der Waals surface area contributed by atoms with Gasteiger partial charge < -0.3 is 24.7 Å². The number of rotatable bonds is 11. The van der Waals surface area contributed by atoms with Crippen molar-refractivity contribution < 1.29 is 23.6 Å². The van der Waals surface area contributed by atoms with Crippen molar-refractivity contribution in [3.63, 3.8) is 0 Å². The monoisotopic (exact) mass is 554 g/mol. The minimum absolute atomic E-state index is 0.302. The molecule has 2 atom stereocenters. The van der Waals surface area contributed by atoms with E-state index < -0.39 is 42.0 Å². The van der Waals surface area contributed by atoms with E-state index in [1.165, 1.54) is 17.3 Å². The molecule has 2 aromatic carbocycles. The quantitative estimate of drug-likeness (QED) is 0.269. The highest BCUT2D eigenvalue weighted by molar-refractivity contribution is 7.99. The molecule has 2 aromatic rings. The topological polar surface area (TPSA) is 85.9 Å². The van der Waals surface area contributed by atoms with Gasteiger partial charge in [0.25, 0.3) is 0 Å². The predicted octanol–water partition coefficient (Wildman–Crippen LogP) is 5.81. The molecule has 0 aromatic heterocycles. The summed E-state index contributed by atoms with van der Waals surface area (Å²) in [4.78, 5) is 27.3. The number of hydrogen-bond acceptors (Lipinski definition) is 6. The summed E-state index contributed by atoms with van der Waals surface area (Å²) in [5.41, 5.74) is -0.505. The fraction of sp³-hybridized carbons (Fsp3) is 0.533. The zero-order valence-electron chi connectivity index (χ0n) is 24.3. The molecule has 39 heavy (non-hydrogen) atoms. The highest BCUT2D eigenvalue weighted by Crippen LogP contribution is 2.38. The van der Waals surface area contributed by atoms with Crippen LogP contribution in [0.4, 0.5) is 4.79 Å². The molecule has 1 fully saturated rings. The Morgan fingerprint density at radius 3 is 2.05 bits per heavy atom. The molecule has 7 nitrogen and oxygen atoms in total. The van der Waals surface area contributed by atoms with Gasteiger partial charge in [-0.15, -0.1) is 11.8 Å². The number of amides is 2. The summed E-state index contributed by atoms with van der Waals surface area (Å²) in [6.07, 6.45) is 1.73. The van der Waals surface area contributed by atoms with Crippen LogP contribution >= 0.6 is 11.8 Å². The second kappa shape index (κ2) is 13.2. The third-order valence-electron chi connectivity index (χ3n) is 6.92. The Hall–Kier alpha value is -2.49. The van der Waals surface area contributed by atoms with E-state index in [1.807, 2.05) is 76.2 Å². The summed E-state index contributed by atoms with van der Waals surface area (Å²) in [6, 6.07) is 19.2. The van der Waals surface area contributed by atoms with Gasteiger partial charge in [-0.2, -0.15) is 0 Å². The summed E-state index contributed by atoms with van der Waals surface area (Å²) in [6.45, 7) is 13.4. The van der Waals surface area contributed by atoms with Crippen LogP contribution in [0.15, 0.2) is 65.6 Å². The molecule has 0 saturated carbocycles. The Labute approximate surface area is 238 Å². The van der Waals surface area contributed by atoms with Gasteiger partial charge in [0.1, 0.15) is 11.6 Å². The van der Waals surface area contributed by atoms with E-state index in [-0.39, 0.29) is 5.91 Å². The first-order valence-corrected chi connectivity index (χ1v) is 14.6. The van der Waals surface area contributed by atoms with Gasteiger partial charge in [0.05, 0.1) is 17.1 Å². The van der Waals surface area contributed by atoms with Crippen LogP contribution in [0.25, 0.3) is 0 Å². The molecule has 9 heteroatoms. The maximum absolute atomic E-state index is 13.7. The molecule has 2 N–H and O–H groups in total. The van der Waals surface area contributed by atoms with Crippen molar-refractivity contribution in [2.75, 3.05) is 5.75 Å². The predicted molar refractivity (Wildman–Crippen MR) is 158 cm³/mol. The summed E-state index contributed by atoms with van der Waals surface area (Å²) in [5, 5.41) is 5.93. The van der Waals surface area contributed by atoms with Crippen LogP contribution < -0.4 is 10.6 Å². The smallest absolute Gasteiger partial charge is 0.444 e. The van der Waals surface area contributed by atoms with Gasteiger partial charge in [-0.3, -0.25) is 4.79 Å². The first-order valence-electron chi connectivity index (χ1n) is 13.6. The largest absolute Gasteiger partial charge is 0.481 e. The lowest BCUT2D eigenvalue weighted by atomic mass is 9.75. The number of aryl methyl sites for hydroxylation is 1. The average molecular weight is 555 g/mol. The van der Waals surface area contributed by atoms with Crippen molar-refractivity contribution in [2.45, 2.75) is 101 Å². The molecule has 0 radical (unpaired) electrons. The van der Waals surface area contributed by atoms with Gasteiger partial charge in [-0.1, -0.05) is 48.5 Å². The summed E-state index contributed by atoms with van der Waals surface area (Å²) in [7, 11) is -0.612. The van der Waals surface area contributed by atoms with Crippen molar-refractivity contribution in [2.24, 2.45) is 0 Å². The first kappa shape index (κ1) is 31.0. The maximum atomic E-state index is 13.7. The normalized spacial score (nSPS) is 17.8. The van der Waals surface area contributed by atoms with Crippen LogP contribution in [0.5, 0.6) is 0 Å². The van der Waals surface area contributed by atoms with Crippen molar-refractivity contribution in [1.82, 2.24) is 10.6 Å². The minimum atomic E-state index is -0.816. The van der Waals surface area contributed by atoms with Crippen molar-refractivity contribution in [1.29, 1.82) is 0 Å². The Morgan fingerprint density at radius 2 is 1.49 bits per heavy atom. The Morgan fingerprint density at radius 1 is 0.923 bits per heavy atom. The lowest BCUT2D eigenvalue weighted by molar-refractivity contribution is -0.123. The van der Waals surface area contributed by atoms with Gasteiger partial charge in [0.15, 0.2) is 0 Å². The van der Waals surface area contributed by atoms with Gasteiger partial charge in [-0.05, 0) is 85.4 Å². The third kappa shape index (κ3) is 9.58. The highest BCUT2D eigenvalue weighted by atomic mass is 32.2. The highest BCUT2D eigenvalue weighted by Gasteiger charge is 2.54. The molecule has 0 unspecified atom stereocenters. The minimum Gasteiger partial charge on any atom is -0.444 e. The molecular weight excluding hydrogens is 511 g/mol. The van der Waals surface area contributed by atoms with Crippen LogP contribution in [0.3, 0.4) is 0 Å². The number of ether oxygens (including phenoxy) is 1. The van der Waals surface area contributed by atoms with Gasteiger partial charge >= 0.3 is 13.2 Å². The maximum Gasteiger partial charge on any atom is 0.481 e. The molecule has 1 aliphatic heterocycles. The molecule has 1 heterocycles. The molecule has 0 aliphatic carbocycles. The number of alkyl carbamates (subject to hydrolysis) is 1. The van der Waals surface area contributed by atoms with Crippen LogP contribution in [0.1, 0.15) is 66.9 Å². The standard InChI is InChI=1S/C30H43BN2O5S/c1-28(2,3)36-27(35)32-24(21-39-23-18-12-9-13-19-23)26(34)33-25(20-14-17-22-15-10-8-11-16-22)31-37-29(4,5)30(6,7)38-31/h8-13,15-16,18-19,24-25H,14,17,20-21H2,1-7H3,(H,32,35)(H,33,34)/t24-,25+/m1/s1. The lowest BCUT2D eigenvalue weighted by Crippen LogP contribution is -2.55. The fourth-order valence-corrected chi connectivity index (χ4v) is 5.06. The second-order valence-electron chi connectivity index (χ2n) is 11.9. The number of hydrogen-bond donors (Lipinski definition) is 2. The second-order valence-corrected chi connectivity index (χ2v) is 13.0. The van der Waals surface area contributed by atoms with E-state index in [1.54, 1.807) is 20.8 Å². The van der Waals surface area contributed by atoms with E-state index >= 15 is 0 Å². The molecular formula is C30H43BN2O5S. The number of benzene rings is 2. The summed E-state index contributed by atoms with van der Waals surface area (Å²) in [5.74, 6) is -0.356. The number of nitrogens with one attached hydrogen (secondary N) is 2. The molecule has 1 aliphatic rings. The van der Waals surface area contributed by atoms with Crippen molar-refractivity contribution in [3.8, 4) is 0 Å². The molecule has 3 rings (SSSR count). The molecule has 1 saturated heterocycles. The fourth-order valence-electron chi connectivity index (χ4n) is 4.11. The van der Waals surface area contributed by atoms with Crippen LogP contribution in [0, 0.1) is 0 Å². The van der Waals surface area contributed by atoms with Crippen LogP contribution in [0.2, 0.25) is 0 Å². The summed E-state index contributed by atoms with van der Waals surface area (Å²) < 4.78 is 18.1. The Kier molecular flexibility index (Phi) is 10.5. The Bertz CT molecular complexity index is 1060. The zero-order chi connectivity index (χ0) is 28.7. The number of carbonyl (C=O) groups excluding carboxylic acids is 2. The molecule has 0 bridgehead atoms. The summed E-state index contributed by atoms with van der Waals surface area (Å²) >= 11 is 1.50. The van der Waals surface area contributed by atoms with Crippen LogP contribution in [-0.4, -0.2) is 53.7 Å².